The molecule has 0 amide bonds. The van der Waals surface area contributed by atoms with Crippen molar-refractivity contribution >= 4 is 17.3 Å². The number of carbonyl (C=O) groups excluding carboxylic acids is 1. The lowest BCUT2D eigenvalue weighted by Gasteiger charge is -2.21. The van der Waals surface area contributed by atoms with Crippen LogP contribution in [0.4, 0.5) is 0 Å². The fourth-order valence-corrected chi connectivity index (χ4v) is 2.90. The summed E-state index contributed by atoms with van der Waals surface area (Å²) in [6.45, 7) is 4.40. The first-order chi connectivity index (χ1) is 9.17. The molecule has 0 radical (unpaired) electrons. The number of ether oxygens (including phenoxy) is 1. The summed E-state index contributed by atoms with van der Waals surface area (Å²) in [5.74, 6) is -0.161. The molecule has 1 aromatic rings. The monoisotopic (exact) mass is 283 g/mol. The van der Waals surface area contributed by atoms with E-state index in [0.717, 1.165) is 6.42 Å². The number of carbonyl (C=O) groups is 1. The molecule has 0 aliphatic rings. The molecule has 1 aromatic heterocycles. The van der Waals surface area contributed by atoms with Gasteiger partial charge in [0.25, 0.3) is 0 Å². The van der Waals surface area contributed by atoms with Crippen molar-refractivity contribution in [2.75, 3.05) is 7.11 Å². The standard InChI is InChI=1S/C15H25NO2S/c1-4-5-6-8-12(2)16-13(11-15(17)18-3)14-9-7-10-19-14/h7,9-10,12-13,16H,4-6,8,11H2,1-3H3. The summed E-state index contributed by atoms with van der Waals surface area (Å²) in [4.78, 5) is 12.7. The Bertz CT molecular complexity index is 351. The van der Waals surface area contributed by atoms with E-state index in [4.69, 9.17) is 4.74 Å². The van der Waals surface area contributed by atoms with Gasteiger partial charge in [-0.05, 0) is 24.8 Å². The molecule has 0 aliphatic heterocycles. The smallest absolute Gasteiger partial charge is 0.307 e. The molecule has 0 saturated heterocycles. The van der Waals surface area contributed by atoms with Gasteiger partial charge in [0.15, 0.2) is 0 Å². The molecule has 3 nitrogen and oxygen atoms in total. The van der Waals surface area contributed by atoms with Gasteiger partial charge >= 0.3 is 5.97 Å². The van der Waals surface area contributed by atoms with Gasteiger partial charge in [-0.2, -0.15) is 0 Å². The predicted octanol–water partition coefficient (Wildman–Crippen LogP) is 3.91. The highest BCUT2D eigenvalue weighted by molar-refractivity contribution is 7.10. The molecular weight excluding hydrogens is 258 g/mol. The largest absolute Gasteiger partial charge is 0.469 e. The topological polar surface area (TPSA) is 38.3 Å². The van der Waals surface area contributed by atoms with Crippen molar-refractivity contribution in [3.63, 3.8) is 0 Å². The van der Waals surface area contributed by atoms with Gasteiger partial charge in [-0.1, -0.05) is 32.3 Å². The van der Waals surface area contributed by atoms with Crippen LogP contribution in [0.5, 0.6) is 0 Å². The van der Waals surface area contributed by atoms with Crippen LogP contribution in [0.1, 0.15) is 56.9 Å². The highest BCUT2D eigenvalue weighted by atomic mass is 32.1. The summed E-state index contributed by atoms with van der Waals surface area (Å²) in [5.41, 5.74) is 0. The van der Waals surface area contributed by atoms with E-state index in [9.17, 15) is 4.79 Å². The Hall–Kier alpha value is -0.870. The van der Waals surface area contributed by atoms with Gasteiger partial charge in [0.1, 0.15) is 0 Å². The molecule has 108 valence electrons. The Balaban J connectivity index is 2.52. The molecule has 0 saturated carbocycles. The zero-order valence-electron chi connectivity index (χ0n) is 12.1. The number of unbranched alkanes of at least 4 members (excludes halogenated alkanes) is 2. The highest BCUT2D eigenvalue weighted by Crippen LogP contribution is 2.23. The number of nitrogens with one attached hydrogen (secondary N) is 1. The molecular formula is C15H25NO2S. The van der Waals surface area contributed by atoms with Crippen molar-refractivity contribution in [3.8, 4) is 0 Å². The van der Waals surface area contributed by atoms with E-state index in [1.807, 2.05) is 11.4 Å². The molecule has 1 N–H and O–H groups in total. The molecule has 0 bridgehead atoms. The second kappa shape index (κ2) is 9.10. The molecule has 0 fully saturated rings. The molecule has 2 unspecified atom stereocenters. The van der Waals surface area contributed by atoms with E-state index in [0.29, 0.717) is 12.5 Å². The van der Waals surface area contributed by atoms with E-state index < -0.39 is 0 Å². The molecule has 2 atom stereocenters. The van der Waals surface area contributed by atoms with E-state index in [2.05, 4.69) is 25.2 Å². The molecule has 0 aliphatic carbocycles. The maximum absolute atomic E-state index is 11.5. The number of rotatable bonds is 9. The number of esters is 1. The Labute approximate surface area is 120 Å². The van der Waals surface area contributed by atoms with Gasteiger partial charge in [0, 0.05) is 10.9 Å². The van der Waals surface area contributed by atoms with Gasteiger partial charge in [-0.3, -0.25) is 4.79 Å². The van der Waals surface area contributed by atoms with Crippen LogP contribution in [-0.2, 0) is 9.53 Å². The van der Waals surface area contributed by atoms with Crippen LogP contribution >= 0.6 is 11.3 Å². The summed E-state index contributed by atoms with van der Waals surface area (Å²) in [7, 11) is 1.44. The van der Waals surface area contributed by atoms with Gasteiger partial charge in [-0.25, -0.2) is 0 Å². The van der Waals surface area contributed by atoms with E-state index in [1.165, 1.54) is 31.2 Å². The van der Waals surface area contributed by atoms with Crippen molar-refractivity contribution in [3.05, 3.63) is 22.4 Å². The average Bonchev–Trinajstić information content (AvgIpc) is 2.92. The fourth-order valence-electron chi connectivity index (χ4n) is 2.11. The second-order valence-corrected chi connectivity index (χ2v) is 5.89. The summed E-state index contributed by atoms with van der Waals surface area (Å²) in [5, 5.41) is 5.60. The third kappa shape index (κ3) is 6.21. The lowest BCUT2D eigenvalue weighted by Crippen LogP contribution is -2.31. The van der Waals surface area contributed by atoms with Crippen LogP contribution in [0.15, 0.2) is 17.5 Å². The average molecular weight is 283 g/mol. The molecule has 19 heavy (non-hydrogen) atoms. The molecule has 4 heteroatoms. The molecule has 1 heterocycles. The normalized spacial score (nSPS) is 14.1. The van der Waals surface area contributed by atoms with Crippen molar-refractivity contribution in [2.45, 2.75) is 58.0 Å². The van der Waals surface area contributed by atoms with Crippen LogP contribution in [0.2, 0.25) is 0 Å². The Morgan fingerprint density at radius 3 is 2.84 bits per heavy atom. The quantitative estimate of drug-likeness (QED) is 0.551. The molecule has 0 spiro atoms. The second-order valence-electron chi connectivity index (χ2n) is 4.91. The van der Waals surface area contributed by atoms with Crippen LogP contribution in [0.3, 0.4) is 0 Å². The first-order valence-electron chi connectivity index (χ1n) is 7.03. The number of hydrogen-bond acceptors (Lipinski definition) is 4. The summed E-state index contributed by atoms with van der Waals surface area (Å²) in [6.07, 6.45) is 5.29. The molecule has 1 rings (SSSR count). The number of hydrogen-bond donors (Lipinski definition) is 1. The van der Waals surface area contributed by atoms with E-state index >= 15 is 0 Å². The Morgan fingerprint density at radius 2 is 2.26 bits per heavy atom. The van der Waals surface area contributed by atoms with Crippen LogP contribution < -0.4 is 5.32 Å². The number of methoxy groups -OCH3 is 1. The zero-order valence-corrected chi connectivity index (χ0v) is 13.0. The lowest BCUT2D eigenvalue weighted by atomic mass is 10.1. The first-order valence-corrected chi connectivity index (χ1v) is 7.91. The minimum Gasteiger partial charge on any atom is -0.469 e. The summed E-state index contributed by atoms with van der Waals surface area (Å²) >= 11 is 1.68. The SMILES string of the molecule is CCCCCC(C)NC(CC(=O)OC)c1cccs1. The van der Waals surface area contributed by atoms with Gasteiger partial charge < -0.3 is 10.1 Å². The van der Waals surface area contributed by atoms with Crippen LogP contribution in [-0.4, -0.2) is 19.1 Å². The molecule has 0 aromatic carbocycles. The summed E-state index contributed by atoms with van der Waals surface area (Å²) in [6, 6.07) is 4.59. The van der Waals surface area contributed by atoms with Crippen LogP contribution in [0.25, 0.3) is 0 Å². The minimum atomic E-state index is -0.161. The predicted molar refractivity (Wildman–Crippen MR) is 80.4 cm³/mol. The summed E-state index contributed by atoms with van der Waals surface area (Å²) < 4.78 is 4.78. The van der Waals surface area contributed by atoms with Gasteiger partial charge in [0.05, 0.1) is 19.6 Å². The minimum absolute atomic E-state index is 0.0732. The first kappa shape index (κ1) is 16.2. The number of thiophene rings is 1. The van der Waals surface area contributed by atoms with Gasteiger partial charge in [-0.15, -0.1) is 11.3 Å². The van der Waals surface area contributed by atoms with Crippen LogP contribution in [0, 0.1) is 0 Å². The fraction of sp³-hybridized carbons (Fsp3) is 0.667. The third-order valence-electron chi connectivity index (χ3n) is 3.21. The Morgan fingerprint density at radius 1 is 1.47 bits per heavy atom. The third-order valence-corrected chi connectivity index (χ3v) is 4.20. The maximum Gasteiger partial charge on any atom is 0.307 e. The maximum atomic E-state index is 11.5. The van der Waals surface area contributed by atoms with Gasteiger partial charge in [0.2, 0.25) is 0 Å². The van der Waals surface area contributed by atoms with Crippen molar-refractivity contribution in [1.82, 2.24) is 5.32 Å². The van der Waals surface area contributed by atoms with E-state index in [1.54, 1.807) is 11.3 Å². The van der Waals surface area contributed by atoms with Crippen molar-refractivity contribution in [2.24, 2.45) is 0 Å². The van der Waals surface area contributed by atoms with Crippen molar-refractivity contribution in [1.29, 1.82) is 0 Å². The van der Waals surface area contributed by atoms with Crippen molar-refractivity contribution < 1.29 is 9.53 Å². The Kier molecular flexibility index (Phi) is 7.75. The highest BCUT2D eigenvalue weighted by Gasteiger charge is 2.19. The van der Waals surface area contributed by atoms with E-state index in [-0.39, 0.29) is 12.0 Å². The zero-order chi connectivity index (χ0) is 14.1. The lowest BCUT2D eigenvalue weighted by molar-refractivity contribution is -0.141.